The van der Waals surface area contributed by atoms with Gasteiger partial charge in [0.25, 0.3) is 5.91 Å². The summed E-state index contributed by atoms with van der Waals surface area (Å²) in [5, 5.41) is 23.1. The van der Waals surface area contributed by atoms with Crippen molar-refractivity contribution in [1.29, 1.82) is 0 Å². The number of carbonyl (C=O) groups is 2. The summed E-state index contributed by atoms with van der Waals surface area (Å²) >= 11 is 0. The molecule has 1 amide bonds. The highest BCUT2D eigenvalue weighted by Gasteiger charge is 2.41. The molecule has 2 aromatic carbocycles. The monoisotopic (exact) mass is 862 g/mol. The van der Waals surface area contributed by atoms with Crippen LogP contribution < -0.4 is 22.2 Å². The SMILES string of the molecule is Nc1nc(=O)n([C@H]2CC[C@@H](COP(=O)(O)OP(=O)(O)OP(=O)(O)O)O2)cc1C#CCNC(=O)c1ccc(C(=O)O)c(-c2c3ccc(=O)cc-3oc3cc(O)ccc23)c1. The second kappa shape index (κ2) is 16.4. The van der Waals surface area contributed by atoms with Crippen molar-refractivity contribution in [2.75, 3.05) is 18.9 Å². The summed E-state index contributed by atoms with van der Waals surface area (Å²) in [7, 11) is -16.7. The predicted molar refractivity (Wildman–Crippen MR) is 198 cm³/mol. The van der Waals surface area contributed by atoms with Crippen molar-refractivity contribution < 1.29 is 75.4 Å². The van der Waals surface area contributed by atoms with E-state index in [1.54, 1.807) is 0 Å². The molecule has 4 atom stereocenters. The Hall–Kier alpha value is -5.52. The number of hydrogen-bond acceptors (Lipinski definition) is 15. The Kier molecular flexibility index (Phi) is 11.9. The minimum Gasteiger partial charge on any atom is -0.508 e. The van der Waals surface area contributed by atoms with Gasteiger partial charge < -0.3 is 50.0 Å². The number of phosphoric acid groups is 3. The third-order valence-electron chi connectivity index (χ3n) is 8.23. The first kappa shape index (κ1) is 42.1. The van der Waals surface area contributed by atoms with E-state index >= 15 is 0 Å². The molecule has 3 aliphatic rings. The number of phosphoric ester groups is 1. The minimum atomic E-state index is -5.72. The Balaban J connectivity index is 1.16. The number of nitrogens with zero attached hydrogens (tertiary/aromatic N) is 2. The number of fused-ring (bicyclic) bond motifs is 2. The Morgan fingerprint density at radius 3 is 2.45 bits per heavy atom. The summed E-state index contributed by atoms with van der Waals surface area (Å²) < 4.78 is 58.9. The first-order valence-corrected chi connectivity index (χ1v) is 20.9. The van der Waals surface area contributed by atoms with Crippen LogP contribution in [0.2, 0.25) is 0 Å². The van der Waals surface area contributed by atoms with E-state index in [9.17, 15) is 52.9 Å². The van der Waals surface area contributed by atoms with Crippen LogP contribution in [0.25, 0.3) is 33.4 Å². The first-order valence-electron chi connectivity index (χ1n) is 16.4. The summed E-state index contributed by atoms with van der Waals surface area (Å²) in [4.78, 5) is 90.5. The second-order valence-corrected chi connectivity index (χ2v) is 16.7. The lowest BCUT2D eigenvalue weighted by atomic mass is 9.89. The largest absolute Gasteiger partial charge is 0.508 e. The highest BCUT2D eigenvalue weighted by atomic mass is 31.3. The van der Waals surface area contributed by atoms with Crippen molar-refractivity contribution >= 4 is 52.1 Å². The number of nitrogens with one attached hydrogen (secondary N) is 1. The molecular formula is C33H29N4O18P3. The van der Waals surface area contributed by atoms with Crippen LogP contribution in [0, 0.1) is 11.8 Å². The molecule has 3 aromatic rings. The van der Waals surface area contributed by atoms with Gasteiger partial charge in [0.15, 0.2) is 5.43 Å². The number of nitrogen functional groups attached to an aromatic ring is 1. The van der Waals surface area contributed by atoms with Crippen LogP contribution in [0.3, 0.4) is 0 Å². The van der Waals surface area contributed by atoms with Gasteiger partial charge in [0.05, 0.1) is 30.4 Å². The second-order valence-electron chi connectivity index (χ2n) is 12.3. The number of phenols is 1. The lowest BCUT2D eigenvalue weighted by Gasteiger charge is -2.19. The van der Waals surface area contributed by atoms with Crippen LogP contribution in [-0.4, -0.2) is 70.5 Å². The van der Waals surface area contributed by atoms with Gasteiger partial charge >= 0.3 is 35.1 Å². The molecule has 22 nitrogen and oxygen atoms in total. The van der Waals surface area contributed by atoms with Gasteiger partial charge in [-0.15, -0.1) is 0 Å². The lowest BCUT2D eigenvalue weighted by molar-refractivity contribution is -0.0242. The zero-order valence-electron chi connectivity index (χ0n) is 29.2. The lowest BCUT2D eigenvalue weighted by Crippen LogP contribution is -2.29. The van der Waals surface area contributed by atoms with Gasteiger partial charge in [-0.2, -0.15) is 13.6 Å². The Bertz CT molecular complexity index is 2770. The molecule has 304 valence electrons. The van der Waals surface area contributed by atoms with Crippen molar-refractivity contribution in [3.63, 3.8) is 0 Å². The molecule has 0 spiro atoms. The van der Waals surface area contributed by atoms with Crippen molar-refractivity contribution in [2.45, 2.75) is 25.2 Å². The molecule has 1 aliphatic carbocycles. The fourth-order valence-corrected chi connectivity index (χ4v) is 8.92. The molecule has 1 fully saturated rings. The molecule has 0 bridgehead atoms. The third kappa shape index (κ3) is 9.94. The van der Waals surface area contributed by atoms with Crippen molar-refractivity contribution in [2.24, 2.45) is 0 Å². The highest BCUT2D eigenvalue weighted by molar-refractivity contribution is 7.66. The Morgan fingerprint density at radius 2 is 1.72 bits per heavy atom. The number of rotatable bonds is 12. The van der Waals surface area contributed by atoms with Gasteiger partial charge in [0.1, 0.15) is 29.1 Å². The molecule has 0 radical (unpaired) electrons. The topological polar surface area (TPSA) is 347 Å². The number of aromatic nitrogens is 2. The van der Waals surface area contributed by atoms with E-state index in [0.717, 1.165) is 4.57 Å². The van der Waals surface area contributed by atoms with E-state index in [0.29, 0.717) is 16.5 Å². The van der Waals surface area contributed by atoms with Gasteiger partial charge in [0.2, 0.25) is 0 Å². The van der Waals surface area contributed by atoms with E-state index in [4.69, 9.17) is 24.7 Å². The molecule has 2 aliphatic heterocycles. The zero-order valence-corrected chi connectivity index (χ0v) is 31.8. The number of aromatic hydroxyl groups is 1. The number of ether oxygens (including phenoxy) is 1. The first-order chi connectivity index (χ1) is 27.2. The van der Waals surface area contributed by atoms with Crippen LogP contribution in [0.15, 0.2) is 74.8 Å². The molecular weight excluding hydrogens is 833 g/mol. The average Bonchev–Trinajstić information content (AvgIpc) is 3.59. The highest BCUT2D eigenvalue weighted by Crippen LogP contribution is 2.66. The van der Waals surface area contributed by atoms with E-state index in [-0.39, 0.29) is 70.0 Å². The van der Waals surface area contributed by atoms with Crippen molar-refractivity contribution in [3.8, 4) is 40.0 Å². The maximum atomic E-state index is 13.3. The van der Waals surface area contributed by atoms with Gasteiger partial charge in [-0.05, 0) is 60.9 Å². The number of carboxylic acids is 1. The van der Waals surface area contributed by atoms with Gasteiger partial charge in [0, 0.05) is 40.4 Å². The summed E-state index contributed by atoms with van der Waals surface area (Å²) in [6.45, 7) is -0.997. The van der Waals surface area contributed by atoms with E-state index in [1.165, 1.54) is 60.8 Å². The van der Waals surface area contributed by atoms with Crippen LogP contribution in [-0.2, 0) is 31.6 Å². The molecule has 3 heterocycles. The van der Waals surface area contributed by atoms with Gasteiger partial charge in [-0.1, -0.05) is 11.8 Å². The fourth-order valence-electron chi connectivity index (χ4n) is 5.87. The number of nitrogens with two attached hydrogens (primary N) is 1. The van der Waals surface area contributed by atoms with Gasteiger partial charge in [-0.3, -0.25) is 18.7 Å². The smallest absolute Gasteiger partial charge is 0.490 e. The van der Waals surface area contributed by atoms with Gasteiger partial charge in [-0.25, -0.2) is 23.3 Å². The van der Waals surface area contributed by atoms with Crippen molar-refractivity contribution in [3.05, 3.63) is 98.2 Å². The number of amides is 1. The zero-order chi connectivity index (χ0) is 42.2. The standard InChI is InChI=1S/C33H29N4O18P3/c34-30-18(15-37(33(43)36-30)28-10-6-21(52-28)16-51-57(47,48)55-58(49,50)54-56(44,45)46)2-1-11-35-31(40)17-3-7-22(32(41)42)25(12-17)29-23-8-4-19(38)13-26(23)53-27-14-20(39)5-9-24(27)29/h3-5,7-9,12-15,21,28,38H,6,10-11,16H2,(H,35,40)(H,41,42)(H,47,48)(H,49,50)(H2,34,36,43)(H2,44,45,46)/t21-,28+/m0/s1. The van der Waals surface area contributed by atoms with Crippen LogP contribution in [0.4, 0.5) is 5.82 Å². The summed E-state index contributed by atoms with van der Waals surface area (Å²) in [5.74, 6) is 3.13. The van der Waals surface area contributed by atoms with E-state index < -0.39 is 60.0 Å². The van der Waals surface area contributed by atoms with Crippen LogP contribution >= 0.6 is 23.5 Å². The average molecular weight is 863 g/mol. The Labute approximate surface area is 324 Å². The summed E-state index contributed by atoms with van der Waals surface area (Å²) in [5.41, 5.74) is 5.57. The van der Waals surface area contributed by atoms with Crippen molar-refractivity contribution in [1.82, 2.24) is 14.9 Å². The number of phenolic OH excluding ortho intramolecular Hbond substituents is 1. The fraction of sp³-hybridized carbons (Fsp3) is 0.182. The number of aromatic carboxylic acids is 1. The summed E-state index contributed by atoms with van der Waals surface area (Å²) in [6.07, 6.45) is -0.521. The predicted octanol–water partition coefficient (Wildman–Crippen LogP) is 2.91. The molecule has 58 heavy (non-hydrogen) atoms. The van der Waals surface area contributed by atoms with Crippen LogP contribution in [0.5, 0.6) is 5.75 Å². The number of hydrogen-bond donors (Lipinski definition) is 8. The molecule has 0 saturated carbocycles. The molecule has 2 unspecified atom stereocenters. The molecule has 6 rings (SSSR count). The number of carboxylic acid groups (broad SMARTS) is 1. The van der Waals surface area contributed by atoms with E-state index in [2.05, 4.69) is 35.3 Å². The maximum Gasteiger partial charge on any atom is 0.490 e. The minimum absolute atomic E-state index is 0.0405. The van der Waals surface area contributed by atoms with Crippen LogP contribution in [0.1, 0.15) is 45.3 Å². The molecule has 1 aromatic heterocycles. The number of carbonyl (C=O) groups excluding carboxylic acids is 1. The molecule has 1 saturated heterocycles. The number of anilines is 1. The molecule has 25 heteroatoms. The number of benzene rings is 3. The summed E-state index contributed by atoms with van der Waals surface area (Å²) in [6, 6.07) is 12.1. The maximum absolute atomic E-state index is 13.3. The van der Waals surface area contributed by atoms with E-state index in [1.807, 2.05) is 0 Å². The quantitative estimate of drug-likeness (QED) is 0.0508. The third-order valence-corrected chi connectivity index (χ3v) is 12.0. The molecule has 9 N–H and O–H groups in total. The Morgan fingerprint density at radius 1 is 0.966 bits per heavy atom. The normalized spacial score (nSPS) is 17.6.